The van der Waals surface area contributed by atoms with E-state index in [1.54, 1.807) is 0 Å². The number of hydrogen-bond donors (Lipinski definition) is 1. The normalized spacial score (nSPS) is 21.0. The van der Waals surface area contributed by atoms with E-state index >= 15 is 0 Å². The van der Waals surface area contributed by atoms with Crippen LogP contribution in [0.2, 0.25) is 5.02 Å². The summed E-state index contributed by atoms with van der Waals surface area (Å²) in [6.45, 7) is 3.76. The molecule has 2 heterocycles. The number of anilines is 1. The minimum absolute atomic E-state index is 0.243. The first-order chi connectivity index (χ1) is 9.15. The minimum atomic E-state index is -0.243. The van der Waals surface area contributed by atoms with Gasteiger partial charge in [-0.15, -0.1) is 0 Å². The Labute approximate surface area is 117 Å². The van der Waals surface area contributed by atoms with E-state index < -0.39 is 0 Å². The van der Waals surface area contributed by atoms with Crippen LogP contribution in [-0.4, -0.2) is 29.3 Å². The smallest absolute Gasteiger partial charge is 0.0737 e. The number of benzene rings is 1. The minimum Gasteiger partial charge on any atom is -0.393 e. The van der Waals surface area contributed by atoms with Gasteiger partial charge in [0.05, 0.1) is 11.6 Å². The van der Waals surface area contributed by atoms with Crippen molar-refractivity contribution in [2.45, 2.75) is 19.4 Å². The molecule has 100 valence electrons. The van der Waals surface area contributed by atoms with E-state index in [1.165, 1.54) is 5.69 Å². The highest BCUT2D eigenvalue weighted by Gasteiger charge is 2.26. The number of aromatic nitrogens is 1. The lowest BCUT2D eigenvalue weighted by Gasteiger charge is -2.21. The highest BCUT2D eigenvalue weighted by Crippen LogP contribution is 2.31. The average molecular weight is 277 g/mol. The fourth-order valence-electron chi connectivity index (χ4n) is 2.78. The van der Waals surface area contributed by atoms with Crippen LogP contribution in [0.3, 0.4) is 0 Å². The lowest BCUT2D eigenvalue weighted by molar-refractivity contribution is 0.136. The van der Waals surface area contributed by atoms with Crippen molar-refractivity contribution in [3.63, 3.8) is 0 Å². The summed E-state index contributed by atoms with van der Waals surface area (Å²) in [6, 6.07) is 7.86. The van der Waals surface area contributed by atoms with E-state index in [0.717, 1.165) is 30.4 Å². The van der Waals surface area contributed by atoms with Crippen molar-refractivity contribution in [2.75, 3.05) is 18.0 Å². The maximum Gasteiger partial charge on any atom is 0.0737 e. The SMILES string of the molecule is CC(O)C1CCN(c2ccnc3cc(Cl)ccc23)C1. The Balaban J connectivity index is 1.97. The molecule has 4 heteroatoms. The molecule has 1 N–H and O–H groups in total. The fraction of sp³-hybridized carbons (Fsp3) is 0.400. The van der Waals surface area contributed by atoms with Crippen LogP contribution in [0, 0.1) is 5.92 Å². The van der Waals surface area contributed by atoms with Crippen LogP contribution in [0.25, 0.3) is 10.9 Å². The quantitative estimate of drug-likeness (QED) is 0.916. The maximum absolute atomic E-state index is 9.71. The van der Waals surface area contributed by atoms with Gasteiger partial charge in [0.2, 0.25) is 0 Å². The van der Waals surface area contributed by atoms with E-state index in [4.69, 9.17) is 11.6 Å². The van der Waals surface area contributed by atoms with Crippen LogP contribution in [0.4, 0.5) is 5.69 Å². The highest BCUT2D eigenvalue weighted by atomic mass is 35.5. The van der Waals surface area contributed by atoms with E-state index in [0.29, 0.717) is 10.9 Å². The number of halogens is 1. The van der Waals surface area contributed by atoms with E-state index in [-0.39, 0.29) is 6.10 Å². The molecule has 2 unspecified atom stereocenters. The van der Waals surface area contributed by atoms with Crippen molar-refractivity contribution in [3.8, 4) is 0 Å². The molecule has 0 bridgehead atoms. The van der Waals surface area contributed by atoms with Gasteiger partial charge in [0, 0.05) is 41.3 Å². The molecule has 0 aliphatic carbocycles. The summed E-state index contributed by atoms with van der Waals surface area (Å²) in [4.78, 5) is 6.70. The first-order valence-electron chi connectivity index (χ1n) is 6.62. The lowest BCUT2D eigenvalue weighted by atomic mass is 10.0. The summed E-state index contributed by atoms with van der Waals surface area (Å²) in [5.74, 6) is 0.357. The van der Waals surface area contributed by atoms with Gasteiger partial charge in [0.15, 0.2) is 0 Å². The topological polar surface area (TPSA) is 36.4 Å². The molecule has 3 nitrogen and oxygen atoms in total. The van der Waals surface area contributed by atoms with Gasteiger partial charge in [-0.1, -0.05) is 11.6 Å². The Bertz CT molecular complexity index is 600. The Morgan fingerprint density at radius 3 is 3.00 bits per heavy atom. The molecule has 2 aromatic rings. The lowest BCUT2D eigenvalue weighted by Crippen LogP contribution is -2.24. The molecule has 1 aliphatic heterocycles. The van der Waals surface area contributed by atoms with Crippen molar-refractivity contribution >= 4 is 28.2 Å². The Morgan fingerprint density at radius 2 is 2.26 bits per heavy atom. The Morgan fingerprint density at radius 1 is 1.42 bits per heavy atom. The molecule has 1 aliphatic rings. The predicted octanol–water partition coefficient (Wildman–Crippen LogP) is 3.10. The van der Waals surface area contributed by atoms with Crippen LogP contribution >= 0.6 is 11.6 Å². The molecule has 1 aromatic carbocycles. The zero-order valence-corrected chi connectivity index (χ0v) is 11.6. The van der Waals surface area contributed by atoms with Crippen molar-refractivity contribution in [2.24, 2.45) is 5.92 Å². The van der Waals surface area contributed by atoms with Crippen molar-refractivity contribution in [1.29, 1.82) is 0 Å². The van der Waals surface area contributed by atoms with Gasteiger partial charge in [-0.3, -0.25) is 4.98 Å². The average Bonchev–Trinajstić information content (AvgIpc) is 2.87. The van der Waals surface area contributed by atoms with Crippen molar-refractivity contribution in [3.05, 3.63) is 35.5 Å². The third kappa shape index (κ3) is 2.40. The molecular formula is C15H17ClN2O. The molecule has 3 rings (SSSR count). The largest absolute Gasteiger partial charge is 0.393 e. The fourth-order valence-corrected chi connectivity index (χ4v) is 2.95. The van der Waals surface area contributed by atoms with Crippen LogP contribution in [0.15, 0.2) is 30.5 Å². The summed E-state index contributed by atoms with van der Waals surface area (Å²) >= 11 is 6.01. The molecule has 1 fully saturated rings. The van der Waals surface area contributed by atoms with E-state index in [2.05, 4.69) is 9.88 Å². The standard InChI is InChI=1S/C15H17ClN2O/c1-10(19)11-5-7-18(9-11)15-4-6-17-14-8-12(16)2-3-13(14)15/h2-4,6,8,10-11,19H,5,7,9H2,1H3. The number of nitrogens with zero attached hydrogens (tertiary/aromatic N) is 2. The second kappa shape index (κ2) is 4.99. The number of rotatable bonds is 2. The second-order valence-corrected chi connectivity index (χ2v) is 5.66. The number of aliphatic hydroxyl groups excluding tert-OH is 1. The molecule has 1 aromatic heterocycles. The Hall–Kier alpha value is -1.32. The first-order valence-corrected chi connectivity index (χ1v) is 7.00. The van der Waals surface area contributed by atoms with E-state index in [9.17, 15) is 5.11 Å². The van der Waals surface area contributed by atoms with Crippen molar-refractivity contribution < 1.29 is 5.11 Å². The Kier molecular flexibility index (Phi) is 3.33. The zero-order chi connectivity index (χ0) is 13.4. The third-order valence-electron chi connectivity index (χ3n) is 3.93. The molecule has 0 spiro atoms. The highest BCUT2D eigenvalue weighted by molar-refractivity contribution is 6.31. The van der Waals surface area contributed by atoms with Gasteiger partial charge < -0.3 is 10.0 Å². The summed E-state index contributed by atoms with van der Waals surface area (Å²) in [6.07, 6.45) is 2.62. The third-order valence-corrected chi connectivity index (χ3v) is 4.16. The van der Waals surface area contributed by atoms with Gasteiger partial charge in [-0.25, -0.2) is 0 Å². The molecule has 0 saturated carbocycles. The first kappa shape index (κ1) is 12.7. The van der Waals surface area contributed by atoms with Gasteiger partial charge in [0.1, 0.15) is 0 Å². The number of aliphatic hydroxyl groups is 1. The zero-order valence-electron chi connectivity index (χ0n) is 10.9. The maximum atomic E-state index is 9.71. The molecule has 0 radical (unpaired) electrons. The number of hydrogen-bond acceptors (Lipinski definition) is 3. The summed E-state index contributed by atoms with van der Waals surface area (Å²) in [5, 5.41) is 11.5. The van der Waals surface area contributed by atoms with Gasteiger partial charge in [-0.2, -0.15) is 0 Å². The van der Waals surface area contributed by atoms with Crippen LogP contribution in [-0.2, 0) is 0 Å². The monoisotopic (exact) mass is 276 g/mol. The molecular weight excluding hydrogens is 260 g/mol. The van der Waals surface area contributed by atoms with Crippen LogP contribution in [0.5, 0.6) is 0 Å². The second-order valence-electron chi connectivity index (χ2n) is 5.23. The number of pyridine rings is 1. The van der Waals surface area contributed by atoms with Gasteiger partial charge >= 0.3 is 0 Å². The molecule has 0 amide bonds. The molecule has 2 atom stereocenters. The van der Waals surface area contributed by atoms with Crippen molar-refractivity contribution in [1.82, 2.24) is 4.98 Å². The number of fused-ring (bicyclic) bond motifs is 1. The predicted molar refractivity (Wildman–Crippen MR) is 78.8 cm³/mol. The molecule has 19 heavy (non-hydrogen) atoms. The summed E-state index contributed by atoms with van der Waals surface area (Å²) in [5.41, 5.74) is 2.11. The molecule has 1 saturated heterocycles. The summed E-state index contributed by atoms with van der Waals surface area (Å²) < 4.78 is 0. The van der Waals surface area contributed by atoms with E-state index in [1.807, 2.05) is 37.4 Å². The summed E-state index contributed by atoms with van der Waals surface area (Å²) in [7, 11) is 0. The van der Waals surface area contributed by atoms with Gasteiger partial charge in [0.25, 0.3) is 0 Å². The van der Waals surface area contributed by atoms with Crippen LogP contribution < -0.4 is 4.90 Å². The van der Waals surface area contributed by atoms with Gasteiger partial charge in [-0.05, 0) is 37.6 Å². The van der Waals surface area contributed by atoms with Crippen LogP contribution in [0.1, 0.15) is 13.3 Å².